The van der Waals surface area contributed by atoms with E-state index in [-0.39, 0.29) is 6.61 Å². The fourth-order valence-electron chi connectivity index (χ4n) is 1.69. The maximum atomic E-state index is 11.2. The van der Waals surface area contributed by atoms with Crippen LogP contribution in [0.15, 0.2) is 0 Å². The molecule has 7 heteroatoms. The molecular weight excluding hydrogens is 234 g/mol. The summed E-state index contributed by atoms with van der Waals surface area (Å²) >= 11 is 0. The summed E-state index contributed by atoms with van der Waals surface area (Å²) in [5.41, 5.74) is 0. The average Bonchev–Trinajstić information content (AvgIpc) is 2.40. The van der Waals surface area contributed by atoms with E-state index in [1.807, 2.05) is 0 Å². The van der Waals surface area contributed by atoms with E-state index in [0.717, 1.165) is 12.8 Å². The highest BCUT2D eigenvalue weighted by atomic mass is 32.2. The molecule has 0 aromatic rings. The Morgan fingerprint density at radius 1 is 1.56 bits per heavy atom. The third-order valence-corrected chi connectivity index (χ3v) is 3.86. The molecule has 0 spiro atoms. The van der Waals surface area contributed by atoms with Gasteiger partial charge in [-0.05, 0) is 12.3 Å². The maximum absolute atomic E-state index is 11.2. The van der Waals surface area contributed by atoms with Crippen molar-refractivity contribution in [2.45, 2.75) is 39.2 Å². The molecule has 1 amide bonds. The summed E-state index contributed by atoms with van der Waals surface area (Å²) < 4.78 is 27.4. The predicted octanol–water partition coefficient (Wildman–Crippen LogP) is 1.44. The fourth-order valence-corrected chi connectivity index (χ4v) is 2.85. The normalized spacial score (nSPS) is 23.9. The third-order valence-electron chi connectivity index (χ3n) is 2.49. The smallest absolute Gasteiger partial charge is 0.423 e. The molecule has 0 saturated carbocycles. The molecule has 1 atom stereocenters. The lowest BCUT2D eigenvalue weighted by molar-refractivity contribution is 0.162. The van der Waals surface area contributed by atoms with Gasteiger partial charge in [0.25, 0.3) is 0 Å². The molecule has 1 aliphatic heterocycles. The molecule has 0 bridgehead atoms. The van der Waals surface area contributed by atoms with Gasteiger partial charge in [0.1, 0.15) is 0 Å². The Bertz CT molecular complexity index is 351. The summed E-state index contributed by atoms with van der Waals surface area (Å²) in [5.74, 6) is 0.525. The van der Waals surface area contributed by atoms with Crippen LogP contribution >= 0.6 is 0 Å². The largest absolute Gasteiger partial charge is 0.464 e. The maximum Gasteiger partial charge on any atom is 0.423 e. The topological polar surface area (TPSA) is 83.9 Å². The van der Waals surface area contributed by atoms with Crippen molar-refractivity contribution < 1.29 is 22.5 Å². The first kappa shape index (κ1) is 13.2. The second-order valence-corrected chi connectivity index (χ2v) is 5.78. The van der Waals surface area contributed by atoms with Crippen molar-refractivity contribution in [3.63, 3.8) is 0 Å². The summed E-state index contributed by atoms with van der Waals surface area (Å²) in [6.07, 6.45) is 0.797. The summed E-state index contributed by atoms with van der Waals surface area (Å²) in [7, 11) is -4.05. The second-order valence-electron chi connectivity index (χ2n) is 4.30. The molecule has 16 heavy (non-hydrogen) atoms. The van der Waals surface area contributed by atoms with Crippen molar-refractivity contribution in [1.29, 1.82) is 0 Å². The Morgan fingerprint density at radius 2 is 2.19 bits per heavy atom. The van der Waals surface area contributed by atoms with Gasteiger partial charge in [0.15, 0.2) is 0 Å². The molecule has 1 N–H and O–H groups in total. The lowest BCUT2D eigenvalue weighted by Crippen LogP contribution is -2.38. The highest BCUT2D eigenvalue weighted by Gasteiger charge is 2.42. The van der Waals surface area contributed by atoms with Crippen LogP contribution in [0.2, 0.25) is 0 Å². The lowest BCUT2D eigenvalue weighted by Gasteiger charge is -2.17. The van der Waals surface area contributed by atoms with Gasteiger partial charge in [-0.2, -0.15) is 12.7 Å². The summed E-state index contributed by atoms with van der Waals surface area (Å²) in [6, 6.07) is -0.568. The van der Waals surface area contributed by atoms with Gasteiger partial charge < -0.3 is 5.11 Å². The van der Waals surface area contributed by atoms with Crippen molar-refractivity contribution in [3.05, 3.63) is 0 Å². The quantitative estimate of drug-likeness (QED) is 0.817. The minimum Gasteiger partial charge on any atom is -0.464 e. The van der Waals surface area contributed by atoms with E-state index in [1.54, 1.807) is 0 Å². The Labute approximate surface area is 95.5 Å². The Kier molecular flexibility index (Phi) is 4.15. The molecule has 0 aliphatic carbocycles. The zero-order valence-corrected chi connectivity index (χ0v) is 10.2. The van der Waals surface area contributed by atoms with E-state index in [2.05, 4.69) is 18.0 Å². The van der Waals surface area contributed by atoms with E-state index >= 15 is 0 Å². The van der Waals surface area contributed by atoms with Gasteiger partial charge in [0, 0.05) is 0 Å². The number of rotatable bonds is 4. The molecule has 0 radical (unpaired) electrons. The van der Waals surface area contributed by atoms with E-state index < -0.39 is 22.4 Å². The van der Waals surface area contributed by atoms with E-state index in [4.69, 9.17) is 5.11 Å². The van der Waals surface area contributed by atoms with Gasteiger partial charge in [0.2, 0.25) is 0 Å². The highest BCUT2D eigenvalue weighted by Crippen LogP contribution is 2.23. The van der Waals surface area contributed by atoms with Crippen LogP contribution < -0.4 is 0 Å². The van der Waals surface area contributed by atoms with Crippen molar-refractivity contribution in [2.75, 3.05) is 6.61 Å². The summed E-state index contributed by atoms with van der Waals surface area (Å²) in [5, 5.41) is 8.79. The molecule has 0 aromatic heterocycles. The first-order chi connectivity index (χ1) is 7.34. The number of carbonyl (C=O) groups is 1. The van der Waals surface area contributed by atoms with E-state index in [9.17, 15) is 13.2 Å². The van der Waals surface area contributed by atoms with Crippen molar-refractivity contribution in [1.82, 2.24) is 4.31 Å². The van der Waals surface area contributed by atoms with E-state index in [0.29, 0.717) is 16.6 Å². The number of carboxylic acid groups (broad SMARTS) is 1. The SMILES string of the molecule is CC(C)CCC[C@H]1COS(=O)(=O)N1C(=O)O. The molecular formula is C9H17NO5S. The van der Waals surface area contributed by atoms with Gasteiger partial charge in [-0.15, -0.1) is 0 Å². The minimum atomic E-state index is -4.05. The van der Waals surface area contributed by atoms with Gasteiger partial charge >= 0.3 is 16.4 Å². The summed E-state index contributed by atoms with van der Waals surface area (Å²) in [6.45, 7) is 4.07. The van der Waals surface area contributed by atoms with Crippen LogP contribution in [-0.4, -0.2) is 36.6 Å². The Morgan fingerprint density at radius 3 is 2.69 bits per heavy atom. The summed E-state index contributed by atoms with van der Waals surface area (Å²) in [4.78, 5) is 10.8. The molecule has 1 fully saturated rings. The molecule has 0 unspecified atom stereocenters. The molecule has 0 aromatic carbocycles. The van der Waals surface area contributed by atoms with Gasteiger partial charge in [-0.1, -0.05) is 26.7 Å². The molecule has 1 rings (SSSR count). The molecule has 6 nitrogen and oxygen atoms in total. The first-order valence-electron chi connectivity index (χ1n) is 5.26. The zero-order chi connectivity index (χ0) is 12.3. The lowest BCUT2D eigenvalue weighted by atomic mass is 10.0. The van der Waals surface area contributed by atoms with Crippen LogP contribution in [0.25, 0.3) is 0 Å². The Balaban J connectivity index is 2.58. The van der Waals surface area contributed by atoms with Crippen molar-refractivity contribution in [3.8, 4) is 0 Å². The standard InChI is InChI=1S/C9H17NO5S/c1-7(2)4-3-5-8-6-15-16(13,14)10(8)9(11)12/h7-8H,3-6H2,1-2H3,(H,11,12)/t8-/m0/s1. The van der Waals surface area contributed by atoms with Gasteiger partial charge in [-0.25, -0.2) is 4.79 Å². The number of nitrogens with zero attached hydrogens (tertiary/aromatic N) is 1. The Hall–Kier alpha value is -0.820. The predicted molar refractivity (Wildman–Crippen MR) is 57.2 cm³/mol. The number of hydrogen-bond acceptors (Lipinski definition) is 4. The molecule has 1 heterocycles. The van der Waals surface area contributed by atoms with Crippen molar-refractivity contribution in [2.24, 2.45) is 5.92 Å². The van der Waals surface area contributed by atoms with Gasteiger partial charge in [0.05, 0.1) is 12.6 Å². The van der Waals surface area contributed by atoms with Crippen LogP contribution in [0, 0.1) is 5.92 Å². The first-order valence-corrected chi connectivity index (χ1v) is 6.63. The molecule has 1 aliphatic rings. The van der Waals surface area contributed by atoms with Crippen LogP contribution in [0.3, 0.4) is 0 Å². The van der Waals surface area contributed by atoms with Crippen molar-refractivity contribution >= 4 is 16.4 Å². The molecule has 1 saturated heterocycles. The van der Waals surface area contributed by atoms with Crippen LogP contribution in [0.4, 0.5) is 4.79 Å². The van der Waals surface area contributed by atoms with E-state index in [1.165, 1.54) is 0 Å². The van der Waals surface area contributed by atoms with Crippen LogP contribution in [0.1, 0.15) is 33.1 Å². The van der Waals surface area contributed by atoms with Crippen LogP contribution in [-0.2, 0) is 14.5 Å². The fraction of sp³-hybridized carbons (Fsp3) is 0.889. The third kappa shape index (κ3) is 3.08. The number of amides is 1. The average molecular weight is 251 g/mol. The zero-order valence-electron chi connectivity index (χ0n) is 9.42. The monoisotopic (exact) mass is 251 g/mol. The van der Waals surface area contributed by atoms with Crippen LogP contribution in [0.5, 0.6) is 0 Å². The van der Waals surface area contributed by atoms with Gasteiger partial charge in [-0.3, -0.25) is 4.18 Å². The number of hydrogen-bond donors (Lipinski definition) is 1. The molecule has 94 valence electrons. The highest BCUT2D eigenvalue weighted by molar-refractivity contribution is 7.85. The second kappa shape index (κ2) is 5.01. The minimum absolute atomic E-state index is 0.0628.